The number of rotatable bonds is 6. The Bertz CT molecular complexity index is 3430. The van der Waals surface area contributed by atoms with Crippen LogP contribution in [0.25, 0.3) is 105 Å². The molecule has 60 heavy (non-hydrogen) atoms. The van der Waals surface area contributed by atoms with Crippen LogP contribution in [0.2, 0.25) is 0 Å². The maximum Gasteiger partial charge on any atom is 0.188 e. The lowest BCUT2D eigenvalue weighted by atomic mass is 9.99. The molecule has 0 aliphatic rings. The molecule has 0 fully saturated rings. The fourth-order valence-corrected chi connectivity index (χ4v) is 8.43. The van der Waals surface area contributed by atoms with E-state index in [0.717, 1.165) is 72.0 Å². The summed E-state index contributed by atoms with van der Waals surface area (Å²) in [7, 11) is 0. The first-order chi connectivity index (χ1) is 29.6. The van der Waals surface area contributed by atoms with E-state index in [-0.39, 0.29) is 0 Å². The highest BCUT2D eigenvalue weighted by Gasteiger charge is 2.22. The van der Waals surface area contributed by atoms with Gasteiger partial charge in [-0.1, -0.05) is 121 Å². The number of hydrogen-bond acceptors (Lipinski definition) is 4. The van der Waals surface area contributed by atoms with Crippen LogP contribution in [0.5, 0.6) is 0 Å². The van der Waals surface area contributed by atoms with E-state index in [1.165, 1.54) is 10.8 Å². The standard InChI is InChI=1S/C53H31N7/c1-55-39-24-28-48-44(32-39)43-29-34(33-54)21-26-47(43)60(48)49-27-23-37(38-22-25-42-41-19-11-12-20-46(41)59(50(42)31-38)40-17-9-4-10-18-40)30-45(49)53-57-51(35-13-5-2-6-14-35)56-52(58-53)36-15-7-3-8-16-36/h2-32H. The van der Waals surface area contributed by atoms with E-state index in [0.29, 0.717) is 28.7 Å². The molecule has 7 heteroatoms. The number of nitrogens with zero attached hydrogens (tertiary/aromatic N) is 7. The summed E-state index contributed by atoms with van der Waals surface area (Å²) < 4.78 is 4.53. The summed E-state index contributed by atoms with van der Waals surface area (Å²) in [5.74, 6) is 1.64. The van der Waals surface area contributed by atoms with Crippen LogP contribution in [-0.4, -0.2) is 24.1 Å². The molecule has 11 rings (SSSR count). The number of nitriles is 1. The van der Waals surface area contributed by atoms with Gasteiger partial charge < -0.3 is 9.13 Å². The SMILES string of the molecule is [C-]#[N+]c1ccc2c(c1)c1cc(C#N)ccc1n2-c1ccc(-c2ccc3c4ccccc4n(-c4ccccc4)c3c2)cc1-c1nc(-c2ccccc2)nc(-c2ccccc2)n1. The fourth-order valence-electron chi connectivity index (χ4n) is 8.43. The lowest BCUT2D eigenvalue weighted by Gasteiger charge is -2.16. The molecule has 3 heterocycles. The fraction of sp³-hybridized carbons (Fsp3) is 0. The van der Waals surface area contributed by atoms with Gasteiger partial charge in [-0.3, -0.25) is 0 Å². The third-order valence-electron chi connectivity index (χ3n) is 11.2. The van der Waals surface area contributed by atoms with Crippen molar-refractivity contribution >= 4 is 49.3 Å². The van der Waals surface area contributed by atoms with Gasteiger partial charge in [-0.15, -0.1) is 0 Å². The van der Waals surface area contributed by atoms with Crippen LogP contribution in [0, 0.1) is 17.9 Å². The Labute approximate surface area is 345 Å². The van der Waals surface area contributed by atoms with Crippen molar-refractivity contribution in [2.24, 2.45) is 0 Å². The Balaban J connectivity index is 1.21. The largest absolute Gasteiger partial charge is 0.309 e. The predicted molar refractivity (Wildman–Crippen MR) is 241 cm³/mol. The summed E-state index contributed by atoms with van der Waals surface area (Å²) in [6, 6.07) is 65.9. The minimum atomic E-state index is 0.514. The van der Waals surface area contributed by atoms with Crippen molar-refractivity contribution in [2.45, 2.75) is 0 Å². The third-order valence-corrected chi connectivity index (χ3v) is 11.2. The highest BCUT2D eigenvalue weighted by molar-refractivity contribution is 6.12. The molecule has 0 saturated heterocycles. The average molecular weight is 766 g/mol. The van der Waals surface area contributed by atoms with Crippen molar-refractivity contribution in [3.05, 3.63) is 205 Å². The molecular formula is C53H31N7. The molecule has 0 bridgehead atoms. The van der Waals surface area contributed by atoms with Crippen LogP contribution in [0.3, 0.4) is 0 Å². The Hall–Kier alpha value is -8.65. The Morgan fingerprint density at radius 1 is 0.433 bits per heavy atom. The second kappa shape index (κ2) is 14.1. The van der Waals surface area contributed by atoms with Crippen molar-refractivity contribution in [3.8, 4) is 62.7 Å². The van der Waals surface area contributed by atoms with Gasteiger partial charge in [0.05, 0.1) is 46.0 Å². The molecule has 3 aromatic heterocycles. The molecule has 0 unspecified atom stereocenters. The zero-order chi connectivity index (χ0) is 40.2. The first kappa shape index (κ1) is 34.6. The molecule has 8 aromatic carbocycles. The van der Waals surface area contributed by atoms with Crippen molar-refractivity contribution < 1.29 is 0 Å². The smallest absolute Gasteiger partial charge is 0.188 e. The molecular weight excluding hydrogens is 735 g/mol. The lowest BCUT2D eigenvalue weighted by Crippen LogP contribution is -2.04. The molecule has 0 saturated carbocycles. The lowest BCUT2D eigenvalue weighted by molar-refractivity contribution is 1.06. The van der Waals surface area contributed by atoms with Gasteiger partial charge >= 0.3 is 0 Å². The second-order valence-electron chi connectivity index (χ2n) is 14.7. The number of fused-ring (bicyclic) bond motifs is 6. The van der Waals surface area contributed by atoms with Crippen molar-refractivity contribution in [1.29, 1.82) is 5.26 Å². The van der Waals surface area contributed by atoms with Gasteiger partial charge in [0.15, 0.2) is 23.2 Å². The normalized spacial score (nSPS) is 11.3. The first-order valence-electron chi connectivity index (χ1n) is 19.6. The van der Waals surface area contributed by atoms with Gasteiger partial charge in [0.25, 0.3) is 0 Å². The van der Waals surface area contributed by atoms with E-state index in [2.05, 4.69) is 105 Å². The molecule has 278 valence electrons. The van der Waals surface area contributed by atoms with Crippen LogP contribution in [0.15, 0.2) is 188 Å². The second-order valence-corrected chi connectivity index (χ2v) is 14.7. The van der Waals surface area contributed by atoms with E-state index >= 15 is 0 Å². The summed E-state index contributed by atoms with van der Waals surface area (Å²) in [4.78, 5) is 19.2. The van der Waals surface area contributed by atoms with E-state index in [1.807, 2.05) is 103 Å². The van der Waals surface area contributed by atoms with Crippen molar-refractivity contribution in [3.63, 3.8) is 0 Å². The van der Waals surface area contributed by atoms with Crippen molar-refractivity contribution in [1.82, 2.24) is 24.1 Å². The predicted octanol–water partition coefficient (Wildman–Crippen LogP) is 13.2. The van der Waals surface area contributed by atoms with Gasteiger partial charge in [-0.05, 0) is 83.2 Å². The molecule has 0 aliphatic carbocycles. The highest BCUT2D eigenvalue weighted by Crippen LogP contribution is 2.41. The van der Waals surface area contributed by atoms with E-state index < -0.39 is 0 Å². The maximum atomic E-state index is 9.93. The summed E-state index contributed by atoms with van der Waals surface area (Å²) in [5.41, 5.74) is 11.7. The minimum Gasteiger partial charge on any atom is -0.309 e. The topological polar surface area (TPSA) is 76.7 Å². The Morgan fingerprint density at radius 2 is 1.00 bits per heavy atom. The number of aromatic nitrogens is 5. The van der Waals surface area contributed by atoms with Gasteiger partial charge in [0.2, 0.25) is 0 Å². The molecule has 0 radical (unpaired) electrons. The highest BCUT2D eigenvalue weighted by atomic mass is 15.1. The van der Waals surface area contributed by atoms with Crippen LogP contribution < -0.4 is 0 Å². The molecule has 7 nitrogen and oxygen atoms in total. The van der Waals surface area contributed by atoms with Crippen LogP contribution >= 0.6 is 0 Å². The third kappa shape index (κ3) is 5.69. The van der Waals surface area contributed by atoms with Gasteiger partial charge in [-0.25, -0.2) is 19.8 Å². The van der Waals surface area contributed by atoms with Crippen LogP contribution in [0.1, 0.15) is 5.56 Å². The zero-order valence-corrected chi connectivity index (χ0v) is 32.0. The molecule has 11 aromatic rings. The molecule has 0 aliphatic heterocycles. The Kier molecular flexibility index (Phi) is 8.11. The van der Waals surface area contributed by atoms with Crippen molar-refractivity contribution in [2.75, 3.05) is 0 Å². The maximum absolute atomic E-state index is 9.93. The molecule has 0 spiro atoms. The first-order valence-corrected chi connectivity index (χ1v) is 19.6. The molecule has 0 amide bonds. The number of hydrogen-bond donors (Lipinski definition) is 0. The summed E-state index contributed by atoms with van der Waals surface area (Å²) in [6.45, 7) is 7.80. The average Bonchev–Trinajstić information content (AvgIpc) is 3.83. The van der Waals surface area contributed by atoms with Crippen LogP contribution in [0.4, 0.5) is 5.69 Å². The monoisotopic (exact) mass is 765 g/mol. The van der Waals surface area contributed by atoms with Gasteiger partial charge in [0, 0.05) is 38.5 Å². The van der Waals surface area contributed by atoms with E-state index in [9.17, 15) is 5.26 Å². The Morgan fingerprint density at radius 3 is 1.70 bits per heavy atom. The summed E-state index contributed by atoms with van der Waals surface area (Å²) in [5, 5.41) is 14.1. The summed E-state index contributed by atoms with van der Waals surface area (Å²) >= 11 is 0. The van der Waals surface area contributed by atoms with E-state index in [1.54, 1.807) is 0 Å². The van der Waals surface area contributed by atoms with Gasteiger partial charge in [0.1, 0.15) is 0 Å². The minimum absolute atomic E-state index is 0.514. The number of benzene rings is 8. The quantitative estimate of drug-likeness (QED) is 0.158. The zero-order valence-electron chi connectivity index (χ0n) is 32.0. The van der Waals surface area contributed by atoms with Gasteiger partial charge in [-0.2, -0.15) is 5.26 Å². The number of para-hydroxylation sites is 2. The summed E-state index contributed by atoms with van der Waals surface area (Å²) in [6.07, 6.45) is 0. The molecule has 0 N–H and O–H groups in total. The van der Waals surface area contributed by atoms with E-state index in [4.69, 9.17) is 21.5 Å². The molecule has 0 atom stereocenters. The van der Waals surface area contributed by atoms with Crippen LogP contribution in [-0.2, 0) is 0 Å².